The number of amides is 1. The van der Waals surface area contributed by atoms with Gasteiger partial charge in [-0.15, -0.1) is 12.4 Å². The molecule has 0 aliphatic heterocycles. The summed E-state index contributed by atoms with van der Waals surface area (Å²) in [5, 5.41) is 0.927. The molecule has 0 fully saturated rings. The van der Waals surface area contributed by atoms with Gasteiger partial charge in [-0.1, -0.05) is 18.2 Å². The van der Waals surface area contributed by atoms with Gasteiger partial charge in [0, 0.05) is 23.5 Å². The minimum atomic E-state index is -2.65. The summed E-state index contributed by atoms with van der Waals surface area (Å²) in [6.45, 7) is 0. The highest BCUT2D eigenvalue weighted by molar-refractivity contribution is 7.61. The predicted molar refractivity (Wildman–Crippen MR) is 73.6 cm³/mol. The Hall–Kier alpha value is -1.86. The molecule has 8 heteroatoms. The summed E-state index contributed by atoms with van der Waals surface area (Å²) in [6, 6.07) is 6.45. The van der Waals surface area contributed by atoms with Crippen molar-refractivity contribution in [1.82, 2.24) is 4.98 Å². The van der Waals surface area contributed by atoms with Crippen LogP contribution in [0.25, 0.3) is 10.9 Å². The van der Waals surface area contributed by atoms with Gasteiger partial charge in [0.1, 0.15) is 6.04 Å². The van der Waals surface area contributed by atoms with Crippen LogP contribution in [0.15, 0.2) is 34.8 Å². The topological polar surface area (TPSA) is 105 Å². The maximum atomic E-state index is 11.1. The summed E-state index contributed by atoms with van der Waals surface area (Å²) in [7, 11) is -2.65. The molecule has 19 heavy (non-hydrogen) atoms. The van der Waals surface area contributed by atoms with E-state index in [0.29, 0.717) is 0 Å². The number of nitrogens with two attached hydrogens (primary N) is 1. The molecule has 2 rings (SSSR count). The lowest BCUT2D eigenvalue weighted by atomic mass is 10.1. The molecule has 102 valence electrons. The van der Waals surface area contributed by atoms with E-state index in [0.717, 1.165) is 16.5 Å². The van der Waals surface area contributed by atoms with Gasteiger partial charge in [0.2, 0.25) is 5.91 Å². The fourth-order valence-corrected chi connectivity index (χ4v) is 2.19. The Kier molecular flexibility index (Phi) is 5.08. The Balaban J connectivity index is 0.00000180. The number of benzene rings is 1. The number of rotatable bonds is 4. The number of fused-ring (bicyclic) bond motifs is 1. The summed E-state index contributed by atoms with van der Waals surface area (Å²) in [5.41, 5.74) is 6.85. The first kappa shape index (κ1) is 15.2. The molecule has 0 spiro atoms. The first-order chi connectivity index (χ1) is 8.58. The second-order valence-corrected chi connectivity index (χ2v) is 4.45. The van der Waals surface area contributed by atoms with Crippen LogP contribution in [0.1, 0.15) is 5.56 Å². The van der Waals surface area contributed by atoms with E-state index in [2.05, 4.69) is 9.35 Å². The molecule has 0 saturated heterocycles. The molecule has 1 aromatic heterocycles. The highest BCUT2D eigenvalue weighted by Crippen LogP contribution is 2.19. The molecular formula is C11H12ClN3O3S. The van der Waals surface area contributed by atoms with Crippen LogP contribution in [0.3, 0.4) is 0 Å². The molecular weight excluding hydrogens is 290 g/mol. The van der Waals surface area contributed by atoms with Gasteiger partial charge in [0.15, 0.2) is 0 Å². The van der Waals surface area contributed by atoms with Crippen molar-refractivity contribution in [2.24, 2.45) is 10.1 Å². The largest absolute Gasteiger partial charge is 0.368 e. The molecule has 0 radical (unpaired) electrons. The molecule has 0 aliphatic carbocycles. The molecule has 0 unspecified atom stereocenters. The lowest BCUT2D eigenvalue weighted by Crippen LogP contribution is -2.28. The van der Waals surface area contributed by atoms with Crippen molar-refractivity contribution in [2.45, 2.75) is 12.5 Å². The smallest absolute Gasteiger partial charge is 0.311 e. The summed E-state index contributed by atoms with van der Waals surface area (Å²) in [6.07, 6.45) is 1.89. The minimum Gasteiger partial charge on any atom is -0.368 e. The molecule has 1 atom stereocenters. The Labute approximate surface area is 117 Å². The van der Waals surface area contributed by atoms with Crippen molar-refractivity contribution in [3.05, 3.63) is 36.0 Å². The number of nitrogens with one attached hydrogen (secondary N) is 1. The Morgan fingerprint density at radius 1 is 1.37 bits per heavy atom. The van der Waals surface area contributed by atoms with Gasteiger partial charge >= 0.3 is 10.5 Å². The summed E-state index contributed by atoms with van der Waals surface area (Å²) in [4.78, 5) is 14.2. The molecule has 0 aliphatic rings. The third-order valence-corrected chi connectivity index (χ3v) is 3.06. The Morgan fingerprint density at radius 3 is 2.68 bits per heavy atom. The highest BCUT2D eigenvalue weighted by atomic mass is 35.5. The first-order valence-corrected chi connectivity index (χ1v) is 6.25. The lowest BCUT2D eigenvalue weighted by molar-refractivity contribution is -0.119. The number of H-pyrrole nitrogens is 1. The first-order valence-electron chi connectivity index (χ1n) is 5.22. The highest BCUT2D eigenvalue weighted by Gasteiger charge is 2.17. The van der Waals surface area contributed by atoms with E-state index >= 15 is 0 Å². The van der Waals surface area contributed by atoms with Crippen molar-refractivity contribution < 1.29 is 13.2 Å². The van der Waals surface area contributed by atoms with Crippen LogP contribution in [0, 0.1) is 0 Å². The van der Waals surface area contributed by atoms with Gasteiger partial charge in [-0.2, -0.15) is 12.8 Å². The average Bonchev–Trinajstić information content (AvgIpc) is 2.71. The summed E-state index contributed by atoms with van der Waals surface area (Å²) in [5.74, 6) is -0.760. The van der Waals surface area contributed by atoms with Crippen molar-refractivity contribution >= 4 is 39.7 Å². The molecule has 1 amide bonds. The van der Waals surface area contributed by atoms with E-state index in [1.165, 1.54) is 0 Å². The van der Waals surface area contributed by atoms with Crippen LogP contribution in [-0.2, 0) is 21.7 Å². The van der Waals surface area contributed by atoms with E-state index < -0.39 is 22.4 Å². The van der Waals surface area contributed by atoms with Crippen LogP contribution in [0.4, 0.5) is 0 Å². The Bertz CT molecular complexity index is 716. The summed E-state index contributed by atoms with van der Waals surface area (Å²) < 4.78 is 24.3. The van der Waals surface area contributed by atoms with Gasteiger partial charge in [-0.05, 0) is 11.6 Å². The SMILES string of the molecule is Cl.NC(=O)[C@H](Cc1c[nH]c2ccccc12)N=S(=O)=O. The number of halogens is 1. The third kappa shape index (κ3) is 3.55. The quantitative estimate of drug-likeness (QED) is 0.881. The van der Waals surface area contributed by atoms with Gasteiger partial charge in [-0.25, -0.2) is 0 Å². The number of para-hydroxylation sites is 1. The molecule has 1 aromatic carbocycles. The van der Waals surface area contributed by atoms with Crippen molar-refractivity contribution in [2.75, 3.05) is 0 Å². The van der Waals surface area contributed by atoms with Crippen LogP contribution in [0.2, 0.25) is 0 Å². The fraction of sp³-hybridized carbons (Fsp3) is 0.182. The van der Waals surface area contributed by atoms with Crippen molar-refractivity contribution in [3.8, 4) is 0 Å². The van der Waals surface area contributed by atoms with Crippen LogP contribution in [0.5, 0.6) is 0 Å². The predicted octanol–water partition coefficient (Wildman–Crippen LogP) is 1.05. The number of hydrogen-bond donors (Lipinski definition) is 2. The third-order valence-electron chi connectivity index (χ3n) is 2.63. The zero-order valence-corrected chi connectivity index (χ0v) is 11.4. The van der Waals surface area contributed by atoms with Crippen molar-refractivity contribution in [1.29, 1.82) is 0 Å². The zero-order chi connectivity index (χ0) is 13.1. The molecule has 3 N–H and O–H groups in total. The van der Waals surface area contributed by atoms with Gasteiger partial charge in [0.05, 0.1) is 0 Å². The van der Waals surface area contributed by atoms with E-state index in [4.69, 9.17) is 5.73 Å². The van der Waals surface area contributed by atoms with Crippen LogP contribution < -0.4 is 5.73 Å². The number of nitrogens with zero attached hydrogens (tertiary/aromatic N) is 1. The molecule has 0 bridgehead atoms. The second-order valence-electron chi connectivity index (χ2n) is 3.80. The lowest BCUT2D eigenvalue weighted by Gasteiger charge is -2.04. The number of aromatic nitrogens is 1. The minimum absolute atomic E-state index is 0. The molecule has 2 aromatic rings. The number of carbonyl (C=O) groups is 1. The number of aromatic amines is 1. The maximum Gasteiger partial charge on any atom is 0.311 e. The molecule has 1 heterocycles. The van der Waals surface area contributed by atoms with Crippen LogP contribution in [-0.4, -0.2) is 25.4 Å². The fourth-order valence-electron chi connectivity index (χ4n) is 1.80. The van der Waals surface area contributed by atoms with Crippen LogP contribution >= 0.6 is 12.4 Å². The maximum absolute atomic E-state index is 11.1. The monoisotopic (exact) mass is 301 g/mol. The number of hydrogen-bond acceptors (Lipinski definition) is 4. The van der Waals surface area contributed by atoms with Gasteiger partial charge in [0.25, 0.3) is 0 Å². The molecule has 0 saturated carbocycles. The second kappa shape index (κ2) is 6.35. The van der Waals surface area contributed by atoms with E-state index in [9.17, 15) is 13.2 Å². The van der Waals surface area contributed by atoms with Crippen molar-refractivity contribution in [3.63, 3.8) is 0 Å². The van der Waals surface area contributed by atoms with E-state index in [1.807, 2.05) is 24.3 Å². The van der Waals surface area contributed by atoms with E-state index in [1.54, 1.807) is 6.20 Å². The number of carbonyl (C=O) groups excluding carboxylic acids is 1. The van der Waals surface area contributed by atoms with Gasteiger partial charge < -0.3 is 10.7 Å². The van der Waals surface area contributed by atoms with Gasteiger partial charge in [-0.3, -0.25) is 4.79 Å². The summed E-state index contributed by atoms with van der Waals surface area (Å²) >= 11 is 0. The normalized spacial score (nSPS) is 11.6. The zero-order valence-electron chi connectivity index (χ0n) is 9.74. The van der Waals surface area contributed by atoms with E-state index in [-0.39, 0.29) is 18.8 Å². The number of primary amides is 1. The standard InChI is InChI=1S/C11H11N3O3S.ClH/c12-11(15)10(14-18(16)17)5-7-6-13-9-4-2-1-3-8(7)9;/h1-4,6,10,13H,5H2,(H2,12,15);1H/t10-;/m0./s1. The molecule has 6 nitrogen and oxygen atoms in total. The average molecular weight is 302 g/mol. The Morgan fingerprint density at radius 2 is 2.05 bits per heavy atom.